The molecule has 0 radical (unpaired) electrons. The normalized spacial score (nSPS) is 14.8. The van der Waals surface area contributed by atoms with Crippen molar-refractivity contribution in [1.29, 1.82) is 0 Å². The van der Waals surface area contributed by atoms with Gasteiger partial charge >= 0.3 is 0 Å². The number of carbonyl (C=O) groups excluding carboxylic acids is 2. The summed E-state index contributed by atoms with van der Waals surface area (Å²) in [6.07, 6.45) is 5.17. The quantitative estimate of drug-likeness (QED) is 0.169. The number of amides is 2. The van der Waals surface area contributed by atoms with Gasteiger partial charge in [0, 0.05) is 47.7 Å². The van der Waals surface area contributed by atoms with Crippen molar-refractivity contribution in [3.05, 3.63) is 91.4 Å². The number of thiophene rings is 2. The van der Waals surface area contributed by atoms with E-state index in [0.29, 0.717) is 94.0 Å². The number of hydrogen-bond donors (Lipinski definition) is 2. The van der Waals surface area contributed by atoms with Gasteiger partial charge in [-0.1, -0.05) is 0 Å². The number of aromatic nitrogens is 4. The lowest BCUT2D eigenvalue weighted by Crippen LogP contribution is -3.00. The zero-order valence-electron chi connectivity index (χ0n) is 35.9. The van der Waals surface area contributed by atoms with Crippen molar-refractivity contribution < 1.29 is 40.8 Å². The molecule has 4 aromatic heterocycles. The summed E-state index contributed by atoms with van der Waals surface area (Å²) in [5, 5.41) is 14.5. The molecule has 0 atom stereocenters. The number of anilines is 2. The van der Waals surface area contributed by atoms with E-state index in [9.17, 15) is 32.0 Å². The number of nitrogens with two attached hydrogens (primary N) is 2. The fourth-order valence-electron chi connectivity index (χ4n) is 7.93. The highest BCUT2D eigenvalue weighted by Gasteiger charge is 2.30. The number of ether oxygens (including phenoxy) is 2. The molecule has 8 rings (SSSR count). The lowest BCUT2D eigenvalue weighted by Gasteiger charge is -2.31. The van der Waals surface area contributed by atoms with Crippen LogP contribution in [0.2, 0.25) is 0 Å². The van der Waals surface area contributed by atoms with Crippen molar-refractivity contribution in [2.75, 3.05) is 71.4 Å². The molecule has 0 spiro atoms. The number of hydrogen-bond acceptors (Lipinski definition) is 15. The predicted molar refractivity (Wildman–Crippen MR) is 246 cm³/mol. The summed E-state index contributed by atoms with van der Waals surface area (Å²) >= 11 is 2.42. The van der Waals surface area contributed by atoms with E-state index in [-0.39, 0.29) is 63.6 Å². The largest absolute Gasteiger partial charge is 1.00 e. The number of alkyl halides is 1. The molecule has 0 saturated carbocycles. The zero-order chi connectivity index (χ0) is 45.7. The predicted octanol–water partition coefficient (Wildman–Crippen LogP) is 2.51. The number of nitrogens with zero attached hydrogens (tertiary/aromatic N) is 6. The third kappa shape index (κ3) is 10.8. The van der Waals surface area contributed by atoms with Crippen LogP contribution in [-0.4, -0.2) is 110 Å². The maximum absolute atomic E-state index is 13.5. The molecule has 65 heavy (non-hydrogen) atoms. The van der Waals surface area contributed by atoms with E-state index >= 15 is 0 Å². The third-order valence-electron chi connectivity index (χ3n) is 11.5. The first-order valence-corrected chi connectivity index (χ1v) is 24.2. The smallest absolute Gasteiger partial charge is 0.282 e. The molecule has 2 saturated heterocycles. The van der Waals surface area contributed by atoms with E-state index in [0.717, 1.165) is 31.9 Å². The van der Waals surface area contributed by atoms with Gasteiger partial charge in [0.15, 0.2) is 11.4 Å². The van der Waals surface area contributed by atoms with E-state index in [1.807, 2.05) is 0 Å². The summed E-state index contributed by atoms with van der Waals surface area (Å²) < 4.78 is 52.5. The number of carbonyl (C=O) groups is 2. The van der Waals surface area contributed by atoms with Crippen molar-refractivity contribution >= 4 is 76.2 Å². The Morgan fingerprint density at radius 3 is 1.45 bits per heavy atom. The van der Waals surface area contributed by atoms with E-state index in [1.165, 1.54) is 32.0 Å². The average Bonchev–Trinajstić information content (AvgIpc) is 3.89. The van der Waals surface area contributed by atoms with Crippen molar-refractivity contribution in [3.8, 4) is 22.9 Å². The van der Waals surface area contributed by atoms with Crippen molar-refractivity contribution in [2.24, 2.45) is 11.8 Å². The molecule has 22 heteroatoms. The minimum atomic E-state index is -3.46. The van der Waals surface area contributed by atoms with Gasteiger partial charge in [0.2, 0.25) is 0 Å². The molecule has 17 nitrogen and oxygen atoms in total. The van der Waals surface area contributed by atoms with E-state index < -0.39 is 10.1 Å². The number of rotatable bonds is 12. The molecule has 2 aromatic carbocycles. The van der Waals surface area contributed by atoms with Crippen LogP contribution in [0.25, 0.3) is 32.9 Å². The Bertz CT molecular complexity index is 2870. The summed E-state index contributed by atoms with van der Waals surface area (Å²) in [6.45, 7) is 1.92. The van der Waals surface area contributed by atoms with Crippen molar-refractivity contribution in [3.63, 3.8) is 0 Å². The molecule has 4 N–H and O–H groups in total. The molecule has 6 aromatic rings. The van der Waals surface area contributed by atoms with E-state index in [4.69, 9.17) is 25.1 Å². The maximum Gasteiger partial charge on any atom is 0.282 e. The van der Waals surface area contributed by atoms with Crippen molar-refractivity contribution in [2.45, 2.75) is 38.5 Å². The minimum Gasteiger partial charge on any atom is -1.00 e. The Kier molecular flexibility index (Phi) is 15.6. The number of fused-ring (bicyclic) bond motifs is 2. The molecule has 6 heterocycles. The number of likely N-dealkylation sites (tertiary alicyclic amines) is 2. The summed E-state index contributed by atoms with van der Waals surface area (Å²) in [5.41, 5.74) is 12.8. The SMILES string of the molecule is COc1ccc(-n2nc(C(=O)N3CCC(CCOS(C)(=O)=O)CC3)c3csc(N)c3c2=O)cc1.COc1ccc(-n2nc(C(=O)N3CCC(CC[18F])CC3)c3csc(N)c3c2=O)cc1.[18F-]. The first kappa shape index (κ1) is 48.5. The second kappa shape index (κ2) is 20.9. The van der Waals surface area contributed by atoms with E-state index in [1.54, 1.807) is 83.3 Å². The maximum atomic E-state index is 13.5. The van der Waals surface area contributed by atoms with Crippen LogP contribution in [0.1, 0.15) is 59.5 Å². The number of halogens is 2. The van der Waals surface area contributed by atoms with Crippen LogP contribution < -0.4 is 36.8 Å². The molecule has 348 valence electrons. The Balaban J connectivity index is 0.000000214. The van der Waals surface area contributed by atoms with Gasteiger partial charge in [-0.25, -0.2) is 0 Å². The molecule has 0 bridgehead atoms. The molecule has 0 aliphatic carbocycles. The lowest BCUT2D eigenvalue weighted by molar-refractivity contribution is -0.0000399. The lowest BCUT2D eigenvalue weighted by atomic mass is 9.94. The topological polar surface area (TPSA) is 224 Å². The van der Waals surface area contributed by atoms with Crippen LogP contribution in [0, 0.1) is 11.8 Å². The van der Waals surface area contributed by atoms with Crippen LogP contribution in [0.15, 0.2) is 68.9 Å². The van der Waals surface area contributed by atoms with Gasteiger partial charge < -0.3 is 35.4 Å². The summed E-state index contributed by atoms with van der Waals surface area (Å²) in [7, 11) is -0.343. The highest BCUT2D eigenvalue weighted by atomic mass is 32.2. The van der Waals surface area contributed by atoms with E-state index in [2.05, 4.69) is 10.2 Å². The van der Waals surface area contributed by atoms with Gasteiger partial charge in [0.25, 0.3) is 33.1 Å². The first-order chi connectivity index (χ1) is 30.7. The summed E-state index contributed by atoms with van der Waals surface area (Å²) in [4.78, 5) is 56.4. The molecule has 2 fully saturated rings. The fraction of sp³-hybridized carbons (Fsp3) is 0.395. The second-order valence-electron chi connectivity index (χ2n) is 15.6. The van der Waals surface area contributed by atoms with Crippen LogP contribution in [0.4, 0.5) is 14.4 Å². The Morgan fingerprint density at radius 2 is 1.09 bits per heavy atom. The van der Waals surface area contributed by atoms with Gasteiger partial charge in [0.1, 0.15) is 11.5 Å². The number of methoxy groups -OCH3 is 2. The highest BCUT2D eigenvalue weighted by Crippen LogP contribution is 2.31. The third-order valence-corrected chi connectivity index (χ3v) is 13.8. The summed E-state index contributed by atoms with van der Waals surface area (Å²) in [5.74, 6) is 1.35. The number of nitrogen functional groups attached to an aromatic ring is 2. The number of piperidine rings is 2. The van der Waals surface area contributed by atoms with Crippen molar-refractivity contribution in [1.82, 2.24) is 29.4 Å². The van der Waals surface area contributed by atoms with Crippen LogP contribution in [-0.2, 0) is 14.3 Å². The Labute approximate surface area is 380 Å². The molecular weight excluding hydrogens is 905 g/mol. The zero-order valence-corrected chi connectivity index (χ0v) is 38.4. The van der Waals surface area contributed by atoms with Crippen LogP contribution in [0.5, 0.6) is 11.5 Å². The Morgan fingerprint density at radius 1 is 0.708 bits per heavy atom. The minimum absolute atomic E-state index is 0. The van der Waals surface area contributed by atoms with Gasteiger partial charge in [-0.05, 0) is 98.9 Å². The molecule has 2 aliphatic heterocycles. The van der Waals surface area contributed by atoms with Gasteiger partial charge in [-0.15, -0.1) is 22.7 Å². The van der Waals surface area contributed by atoms with Crippen LogP contribution >= 0.6 is 22.7 Å². The molecule has 0 unspecified atom stereocenters. The Hall–Kier alpha value is -5.97. The molecule has 2 amide bonds. The fourth-order valence-corrected chi connectivity index (χ4v) is 9.91. The second-order valence-corrected chi connectivity index (χ2v) is 19.0. The van der Waals surface area contributed by atoms with Gasteiger partial charge in [0.05, 0.1) is 65.9 Å². The average molecular weight is 954 g/mol. The molecular formula is C43H49F2N8O9S3-. The van der Waals surface area contributed by atoms with Gasteiger partial charge in [-0.2, -0.15) is 28.0 Å². The highest BCUT2D eigenvalue weighted by molar-refractivity contribution is 7.85. The summed E-state index contributed by atoms with van der Waals surface area (Å²) in [6, 6.07) is 13.7. The van der Waals surface area contributed by atoms with Crippen LogP contribution in [0.3, 0.4) is 0 Å². The number of benzene rings is 2. The van der Waals surface area contributed by atoms with Gasteiger partial charge in [-0.3, -0.25) is 27.8 Å². The standard InChI is InChI=1S/C22H26N4O6S2.C21H23FN4O3S.FH/c1-31-16-5-3-15(4-6-16)26-21(27)18-17(13-33-20(18)23)19(24-26)22(28)25-10-7-14(8-11-25)9-12-32-34(2,29)30;1-29-15-4-2-14(3-5-15)26-20(27)17-16(12-30-19(17)23)18(24-26)21(28)25-10-7-13(6-9-22)8-11-25;/h3-6,13-14H,7-12,23H2,1-2H3;2-5,12-13H,6-11,23H2,1H3;1H/p-1/i;22-1;1-1. The molecule has 2 aliphatic rings. The monoisotopic (exact) mass is 953 g/mol. The first-order valence-electron chi connectivity index (χ1n) is 20.6.